The second-order valence-corrected chi connectivity index (χ2v) is 3.50. The summed E-state index contributed by atoms with van der Waals surface area (Å²) >= 11 is 8.99. The third-order valence-electron chi connectivity index (χ3n) is 1.04. The van der Waals surface area contributed by atoms with E-state index in [1.54, 1.807) is 0 Å². The van der Waals surface area contributed by atoms with Crippen LogP contribution in [0, 0.1) is 0 Å². The van der Waals surface area contributed by atoms with Crippen molar-refractivity contribution in [3.05, 3.63) is 0 Å². The van der Waals surface area contributed by atoms with E-state index in [4.69, 9.17) is 11.6 Å². The van der Waals surface area contributed by atoms with E-state index in [9.17, 15) is 0 Å². The summed E-state index contributed by atoms with van der Waals surface area (Å²) in [5, 5.41) is 0. The van der Waals surface area contributed by atoms with Crippen LogP contribution in [0.4, 0.5) is 0 Å². The molecule has 0 heterocycles. The standard InChI is InChI=1S/C6H12BrCl/c1-2-3-4-6(7)5-8/h6H,2-5H2,1H3. The highest BCUT2D eigenvalue weighted by molar-refractivity contribution is 9.09. The number of rotatable bonds is 4. The number of alkyl halides is 2. The first-order valence-corrected chi connectivity index (χ1v) is 4.46. The van der Waals surface area contributed by atoms with Crippen LogP contribution in [-0.2, 0) is 0 Å². The molecule has 0 saturated carbocycles. The van der Waals surface area contributed by atoms with E-state index >= 15 is 0 Å². The average Bonchev–Trinajstić information content (AvgIpc) is 1.83. The van der Waals surface area contributed by atoms with E-state index in [0.29, 0.717) is 4.83 Å². The van der Waals surface area contributed by atoms with Gasteiger partial charge in [-0.15, -0.1) is 11.6 Å². The molecule has 0 rings (SSSR count). The fourth-order valence-electron chi connectivity index (χ4n) is 0.503. The van der Waals surface area contributed by atoms with Gasteiger partial charge < -0.3 is 0 Å². The summed E-state index contributed by atoms with van der Waals surface area (Å²) in [6, 6.07) is 0. The van der Waals surface area contributed by atoms with Crippen LogP contribution in [0.1, 0.15) is 26.2 Å². The highest BCUT2D eigenvalue weighted by atomic mass is 79.9. The predicted octanol–water partition coefficient (Wildman–Crippen LogP) is 3.18. The van der Waals surface area contributed by atoms with E-state index in [-0.39, 0.29) is 0 Å². The van der Waals surface area contributed by atoms with Crippen LogP contribution >= 0.6 is 27.5 Å². The maximum atomic E-state index is 5.54. The molecule has 0 saturated heterocycles. The zero-order valence-electron chi connectivity index (χ0n) is 5.16. The number of hydrogen-bond donors (Lipinski definition) is 0. The molecule has 0 aromatic carbocycles. The van der Waals surface area contributed by atoms with Crippen molar-refractivity contribution in [1.82, 2.24) is 0 Å². The molecule has 0 aromatic rings. The SMILES string of the molecule is CCCCC(Br)CCl. The van der Waals surface area contributed by atoms with Gasteiger partial charge in [-0.1, -0.05) is 35.7 Å². The van der Waals surface area contributed by atoms with E-state index in [1.165, 1.54) is 19.3 Å². The van der Waals surface area contributed by atoms with Crippen molar-refractivity contribution in [1.29, 1.82) is 0 Å². The molecule has 0 aromatic heterocycles. The van der Waals surface area contributed by atoms with Crippen LogP contribution in [0.3, 0.4) is 0 Å². The summed E-state index contributed by atoms with van der Waals surface area (Å²) in [6.45, 7) is 2.19. The first-order chi connectivity index (χ1) is 3.81. The van der Waals surface area contributed by atoms with Gasteiger partial charge in [0.05, 0.1) is 0 Å². The monoisotopic (exact) mass is 198 g/mol. The summed E-state index contributed by atoms with van der Waals surface area (Å²) in [5.41, 5.74) is 0. The van der Waals surface area contributed by atoms with Crippen LogP contribution < -0.4 is 0 Å². The topological polar surface area (TPSA) is 0 Å². The molecule has 0 amide bonds. The Labute approximate surface area is 64.7 Å². The number of halogens is 2. The van der Waals surface area contributed by atoms with Crippen molar-refractivity contribution in [2.24, 2.45) is 0 Å². The molecule has 0 N–H and O–H groups in total. The van der Waals surface area contributed by atoms with Crippen molar-refractivity contribution in [3.8, 4) is 0 Å². The number of unbranched alkanes of at least 4 members (excludes halogenated alkanes) is 1. The van der Waals surface area contributed by atoms with Crippen LogP contribution in [0.15, 0.2) is 0 Å². The zero-order chi connectivity index (χ0) is 6.41. The largest absolute Gasteiger partial charge is 0.126 e. The molecule has 0 spiro atoms. The van der Waals surface area contributed by atoms with Crippen LogP contribution in [0.25, 0.3) is 0 Å². The Balaban J connectivity index is 2.86. The molecule has 1 atom stereocenters. The Kier molecular flexibility index (Phi) is 6.47. The van der Waals surface area contributed by atoms with Crippen molar-refractivity contribution >= 4 is 27.5 Å². The van der Waals surface area contributed by atoms with Crippen LogP contribution in [0.5, 0.6) is 0 Å². The quantitative estimate of drug-likeness (QED) is 0.610. The highest BCUT2D eigenvalue weighted by Crippen LogP contribution is 2.10. The lowest BCUT2D eigenvalue weighted by Gasteiger charge is -2.01. The minimum atomic E-state index is 0.532. The minimum absolute atomic E-state index is 0.532. The molecule has 0 aliphatic rings. The minimum Gasteiger partial charge on any atom is -0.126 e. The fraction of sp³-hybridized carbons (Fsp3) is 1.00. The molecular formula is C6H12BrCl. The molecule has 1 unspecified atom stereocenters. The van der Waals surface area contributed by atoms with E-state index < -0.39 is 0 Å². The molecule has 0 aliphatic heterocycles. The maximum Gasteiger partial charge on any atom is 0.0349 e. The highest BCUT2D eigenvalue weighted by Gasteiger charge is 1.98. The number of hydrogen-bond acceptors (Lipinski definition) is 0. The normalized spacial score (nSPS) is 13.9. The summed E-state index contributed by atoms with van der Waals surface area (Å²) in [4.78, 5) is 0.532. The molecule has 2 heteroatoms. The van der Waals surface area contributed by atoms with Crippen LogP contribution in [0.2, 0.25) is 0 Å². The molecule has 0 fully saturated rings. The van der Waals surface area contributed by atoms with Crippen molar-refractivity contribution in [2.75, 3.05) is 5.88 Å². The lowest BCUT2D eigenvalue weighted by Crippen LogP contribution is -1.97. The fourth-order valence-corrected chi connectivity index (χ4v) is 0.981. The lowest BCUT2D eigenvalue weighted by atomic mass is 10.2. The van der Waals surface area contributed by atoms with Gasteiger partial charge in [-0.25, -0.2) is 0 Å². The average molecular weight is 200 g/mol. The van der Waals surface area contributed by atoms with E-state index in [0.717, 1.165) is 5.88 Å². The van der Waals surface area contributed by atoms with Gasteiger partial charge in [-0.05, 0) is 6.42 Å². The lowest BCUT2D eigenvalue weighted by molar-refractivity contribution is 0.722. The zero-order valence-corrected chi connectivity index (χ0v) is 7.50. The van der Waals surface area contributed by atoms with E-state index in [1.807, 2.05) is 0 Å². The van der Waals surface area contributed by atoms with Gasteiger partial charge in [-0.3, -0.25) is 0 Å². The molecule has 8 heavy (non-hydrogen) atoms. The second-order valence-electron chi connectivity index (χ2n) is 1.89. The first kappa shape index (κ1) is 8.77. The van der Waals surface area contributed by atoms with Crippen molar-refractivity contribution in [3.63, 3.8) is 0 Å². The third kappa shape index (κ3) is 4.92. The molecule has 0 bridgehead atoms. The molecule has 0 radical (unpaired) electrons. The van der Waals surface area contributed by atoms with Gasteiger partial charge >= 0.3 is 0 Å². The van der Waals surface area contributed by atoms with Crippen molar-refractivity contribution in [2.45, 2.75) is 31.0 Å². The Hall–Kier alpha value is 0.770. The van der Waals surface area contributed by atoms with E-state index in [2.05, 4.69) is 22.9 Å². The second kappa shape index (κ2) is 5.90. The molecular weight excluding hydrogens is 187 g/mol. The smallest absolute Gasteiger partial charge is 0.0349 e. The third-order valence-corrected chi connectivity index (χ3v) is 2.57. The maximum absolute atomic E-state index is 5.54. The summed E-state index contributed by atoms with van der Waals surface area (Å²) in [7, 11) is 0. The van der Waals surface area contributed by atoms with Gasteiger partial charge in [0.25, 0.3) is 0 Å². The van der Waals surface area contributed by atoms with Crippen LogP contribution in [-0.4, -0.2) is 10.7 Å². The Morgan fingerprint density at radius 1 is 1.62 bits per heavy atom. The van der Waals surface area contributed by atoms with Gasteiger partial charge in [0.2, 0.25) is 0 Å². The molecule has 0 nitrogen and oxygen atoms in total. The van der Waals surface area contributed by atoms with Crippen molar-refractivity contribution < 1.29 is 0 Å². The molecule has 50 valence electrons. The Morgan fingerprint density at radius 3 is 2.62 bits per heavy atom. The summed E-state index contributed by atoms with van der Waals surface area (Å²) in [6.07, 6.45) is 3.75. The predicted molar refractivity (Wildman–Crippen MR) is 43.0 cm³/mol. The van der Waals surface area contributed by atoms with Gasteiger partial charge in [-0.2, -0.15) is 0 Å². The van der Waals surface area contributed by atoms with Gasteiger partial charge in [0.1, 0.15) is 0 Å². The Bertz CT molecular complexity index is 47.8. The Morgan fingerprint density at radius 2 is 2.25 bits per heavy atom. The molecule has 0 aliphatic carbocycles. The summed E-state index contributed by atoms with van der Waals surface area (Å²) in [5.74, 6) is 0.736. The van der Waals surface area contributed by atoms with Gasteiger partial charge in [0, 0.05) is 10.7 Å². The first-order valence-electron chi connectivity index (χ1n) is 3.01. The van der Waals surface area contributed by atoms with Gasteiger partial charge in [0.15, 0.2) is 0 Å². The summed E-state index contributed by atoms with van der Waals surface area (Å²) < 4.78 is 0.